The van der Waals surface area contributed by atoms with E-state index >= 15 is 0 Å². The smallest absolute Gasteiger partial charge is 0.394 e. The third kappa shape index (κ3) is 4.57. The van der Waals surface area contributed by atoms with Crippen molar-refractivity contribution in [2.24, 2.45) is 11.8 Å². The Morgan fingerprint density at radius 1 is 1.18 bits per heavy atom. The Labute approximate surface area is 161 Å². The number of carboxylic acids is 1. The molecule has 2 aliphatic rings. The van der Waals surface area contributed by atoms with Crippen LogP contribution in [0, 0.1) is 11.8 Å². The quantitative estimate of drug-likeness (QED) is 0.816. The van der Waals surface area contributed by atoms with Gasteiger partial charge in [-0.2, -0.15) is 13.2 Å². The number of carbonyl (C=O) groups excluding carboxylic acids is 1. The van der Waals surface area contributed by atoms with Gasteiger partial charge in [0.1, 0.15) is 0 Å². The lowest BCUT2D eigenvalue weighted by atomic mass is 9.96. The predicted molar refractivity (Wildman–Crippen MR) is 95.5 cm³/mol. The van der Waals surface area contributed by atoms with Crippen LogP contribution in [0.25, 0.3) is 0 Å². The molecule has 2 unspecified atom stereocenters. The van der Waals surface area contributed by atoms with Crippen molar-refractivity contribution in [3.05, 3.63) is 35.9 Å². The van der Waals surface area contributed by atoms with Gasteiger partial charge in [-0.25, -0.2) is 4.79 Å². The second kappa shape index (κ2) is 7.98. The molecule has 4 atom stereocenters. The van der Waals surface area contributed by atoms with E-state index in [1.807, 2.05) is 37.3 Å². The van der Waals surface area contributed by atoms with Crippen LogP contribution in [0.3, 0.4) is 0 Å². The number of nitrogens with zero attached hydrogens (tertiary/aromatic N) is 2. The van der Waals surface area contributed by atoms with Gasteiger partial charge in [0.25, 0.3) is 0 Å². The normalized spacial score (nSPS) is 28.5. The van der Waals surface area contributed by atoms with Crippen LogP contribution in [0.5, 0.6) is 0 Å². The molecule has 0 spiro atoms. The van der Waals surface area contributed by atoms with E-state index in [1.54, 1.807) is 0 Å². The highest BCUT2D eigenvalue weighted by molar-refractivity contribution is 5.78. The summed E-state index contributed by atoms with van der Waals surface area (Å²) in [6.45, 7) is 2.32. The van der Waals surface area contributed by atoms with Gasteiger partial charge in [0.2, 0.25) is 0 Å². The van der Waals surface area contributed by atoms with Crippen LogP contribution in [0.2, 0.25) is 0 Å². The van der Waals surface area contributed by atoms with E-state index in [0.29, 0.717) is 13.0 Å². The zero-order valence-corrected chi connectivity index (χ0v) is 15.5. The second-order valence-electron chi connectivity index (χ2n) is 7.64. The summed E-state index contributed by atoms with van der Waals surface area (Å²) in [4.78, 5) is 26.8. The molecule has 2 N–H and O–H groups in total. The fourth-order valence-corrected chi connectivity index (χ4v) is 4.06. The number of likely N-dealkylation sites (tertiary alicyclic amines) is 2. The average molecular weight is 399 g/mol. The number of aliphatic carboxylic acids is 1. The number of urea groups is 1. The summed E-state index contributed by atoms with van der Waals surface area (Å²) >= 11 is 0. The molecule has 9 heteroatoms. The standard InChI is InChI=1S/C19H24F3N3O3/c1-12-7-14(9-24(12)8-13-5-3-2-4-6-13)23-18(28)25-10-15(17(26)27)16(11-25)19(20,21)22/h2-6,12,14-16H,7-11H2,1H3,(H,23,28)(H,26,27)/t12?,14?,15-,16-/m1/s1. The number of hydrogen-bond donors (Lipinski definition) is 2. The van der Waals surface area contributed by atoms with Gasteiger partial charge < -0.3 is 15.3 Å². The highest BCUT2D eigenvalue weighted by Crippen LogP contribution is 2.37. The van der Waals surface area contributed by atoms with Gasteiger partial charge in [0, 0.05) is 38.3 Å². The van der Waals surface area contributed by atoms with Crippen molar-refractivity contribution in [3.8, 4) is 0 Å². The summed E-state index contributed by atoms with van der Waals surface area (Å²) in [5.41, 5.74) is 1.15. The molecule has 0 aromatic heterocycles. The van der Waals surface area contributed by atoms with Gasteiger partial charge >= 0.3 is 18.2 Å². The minimum atomic E-state index is -4.65. The second-order valence-corrected chi connectivity index (χ2v) is 7.64. The van der Waals surface area contributed by atoms with Gasteiger partial charge in [0.15, 0.2) is 0 Å². The summed E-state index contributed by atoms with van der Waals surface area (Å²) < 4.78 is 39.3. The monoisotopic (exact) mass is 399 g/mol. The topological polar surface area (TPSA) is 72.9 Å². The zero-order valence-electron chi connectivity index (χ0n) is 15.5. The largest absolute Gasteiger partial charge is 0.481 e. The molecule has 2 aliphatic heterocycles. The van der Waals surface area contributed by atoms with Crippen LogP contribution in [0.15, 0.2) is 30.3 Å². The molecule has 3 rings (SSSR count). The van der Waals surface area contributed by atoms with Gasteiger partial charge in [-0.05, 0) is 18.9 Å². The molecule has 154 valence electrons. The van der Waals surface area contributed by atoms with Crippen molar-refractivity contribution in [2.45, 2.75) is 38.1 Å². The van der Waals surface area contributed by atoms with Crippen LogP contribution >= 0.6 is 0 Å². The van der Waals surface area contributed by atoms with Crippen LogP contribution in [-0.2, 0) is 11.3 Å². The fraction of sp³-hybridized carbons (Fsp3) is 0.579. The van der Waals surface area contributed by atoms with Crippen molar-refractivity contribution in [1.82, 2.24) is 15.1 Å². The summed E-state index contributed by atoms with van der Waals surface area (Å²) in [6, 6.07) is 9.31. The first kappa shape index (κ1) is 20.4. The number of benzene rings is 1. The lowest BCUT2D eigenvalue weighted by Gasteiger charge is -2.22. The number of rotatable bonds is 4. The Kier molecular flexibility index (Phi) is 5.83. The number of carboxylic acid groups (broad SMARTS) is 1. The summed E-state index contributed by atoms with van der Waals surface area (Å²) in [7, 11) is 0. The molecule has 0 aliphatic carbocycles. The van der Waals surface area contributed by atoms with E-state index in [2.05, 4.69) is 10.2 Å². The van der Waals surface area contributed by atoms with E-state index < -0.39 is 43.1 Å². The summed E-state index contributed by atoms with van der Waals surface area (Å²) in [5, 5.41) is 11.9. The van der Waals surface area contributed by atoms with E-state index in [0.717, 1.165) is 17.0 Å². The van der Waals surface area contributed by atoms with Gasteiger partial charge in [-0.3, -0.25) is 9.69 Å². The van der Waals surface area contributed by atoms with Crippen LogP contribution in [0.1, 0.15) is 18.9 Å². The van der Waals surface area contributed by atoms with Crippen molar-refractivity contribution < 1.29 is 27.9 Å². The number of nitrogens with one attached hydrogen (secondary N) is 1. The summed E-state index contributed by atoms with van der Waals surface area (Å²) in [6.07, 6.45) is -3.95. The Morgan fingerprint density at radius 3 is 2.43 bits per heavy atom. The third-order valence-corrected chi connectivity index (χ3v) is 5.60. The molecule has 0 radical (unpaired) electrons. The maximum absolute atomic E-state index is 13.1. The Balaban J connectivity index is 1.57. The molecule has 2 amide bonds. The molecule has 6 nitrogen and oxygen atoms in total. The molecular weight excluding hydrogens is 375 g/mol. The molecule has 1 aromatic rings. The first-order chi connectivity index (χ1) is 13.1. The first-order valence-electron chi connectivity index (χ1n) is 9.28. The zero-order chi connectivity index (χ0) is 20.5. The minimum absolute atomic E-state index is 0.181. The molecule has 0 saturated carbocycles. The third-order valence-electron chi connectivity index (χ3n) is 5.60. The highest BCUT2D eigenvalue weighted by atomic mass is 19.4. The number of hydrogen-bond acceptors (Lipinski definition) is 3. The first-order valence-corrected chi connectivity index (χ1v) is 9.28. The maximum atomic E-state index is 13.1. The molecule has 0 bridgehead atoms. The SMILES string of the molecule is CC1CC(NC(=O)N2C[C@@H](C(F)(F)F)[C@H](C(=O)O)C2)CN1Cc1ccccc1. The van der Waals surface area contributed by atoms with Crippen molar-refractivity contribution in [3.63, 3.8) is 0 Å². The van der Waals surface area contributed by atoms with E-state index in [1.165, 1.54) is 0 Å². The predicted octanol–water partition coefficient (Wildman–Crippen LogP) is 2.55. The van der Waals surface area contributed by atoms with E-state index in [4.69, 9.17) is 5.11 Å². The Hall–Kier alpha value is -2.29. The number of alkyl halides is 3. The van der Waals surface area contributed by atoms with Crippen molar-refractivity contribution in [2.75, 3.05) is 19.6 Å². The fourth-order valence-electron chi connectivity index (χ4n) is 4.06. The molecule has 2 saturated heterocycles. The van der Waals surface area contributed by atoms with Crippen LogP contribution < -0.4 is 5.32 Å². The Morgan fingerprint density at radius 2 is 1.86 bits per heavy atom. The molecule has 2 fully saturated rings. The maximum Gasteiger partial charge on any atom is 0.394 e. The van der Waals surface area contributed by atoms with Gasteiger partial charge in [-0.1, -0.05) is 30.3 Å². The lowest BCUT2D eigenvalue weighted by Crippen LogP contribution is -2.45. The molecule has 2 heterocycles. The van der Waals surface area contributed by atoms with Gasteiger partial charge in [-0.15, -0.1) is 0 Å². The highest BCUT2D eigenvalue weighted by Gasteiger charge is 2.53. The van der Waals surface area contributed by atoms with E-state index in [9.17, 15) is 22.8 Å². The van der Waals surface area contributed by atoms with Crippen LogP contribution in [0.4, 0.5) is 18.0 Å². The number of amides is 2. The van der Waals surface area contributed by atoms with Crippen LogP contribution in [-0.4, -0.2) is 64.8 Å². The molecule has 1 aromatic carbocycles. The van der Waals surface area contributed by atoms with Crippen molar-refractivity contribution >= 4 is 12.0 Å². The lowest BCUT2D eigenvalue weighted by molar-refractivity contribution is -0.187. The Bertz CT molecular complexity index is 713. The molecular formula is C19H24F3N3O3. The average Bonchev–Trinajstić information content (AvgIpc) is 3.20. The summed E-state index contributed by atoms with van der Waals surface area (Å²) in [5.74, 6) is -5.18. The minimum Gasteiger partial charge on any atom is -0.481 e. The van der Waals surface area contributed by atoms with E-state index in [-0.39, 0.29) is 12.1 Å². The van der Waals surface area contributed by atoms with Gasteiger partial charge in [0.05, 0.1) is 11.8 Å². The van der Waals surface area contributed by atoms with Crippen molar-refractivity contribution in [1.29, 1.82) is 0 Å². The number of halogens is 3. The molecule has 28 heavy (non-hydrogen) atoms. The number of carbonyl (C=O) groups is 2.